The molecule has 0 aliphatic rings. The van der Waals surface area contributed by atoms with E-state index in [0.29, 0.717) is 29.0 Å². The molecule has 4 rings (SSSR count). The fourth-order valence-electron chi connectivity index (χ4n) is 3.98. The summed E-state index contributed by atoms with van der Waals surface area (Å²) in [5.74, 6) is 1.07. The number of hydrogen-bond acceptors (Lipinski definition) is 6. The van der Waals surface area contributed by atoms with Gasteiger partial charge in [-0.3, -0.25) is 14.6 Å². The summed E-state index contributed by atoms with van der Waals surface area (Å²) in [4.78, 5) is 31.4. The standard InChI is InChI=1S/C28H28F3N3O4S/c1-33-12-6-7-23(33)27(36)34(2)17-20-16-24(35)25(18-38-20)37-13-4-3-5-14-39-26-10-11-32-22-15-19(28(29,30)31)8-9-21(22)26/h6-12,15-16,18H,3-5,13-14,17H2,1-2H3. The van der Waals surface area contributed by atoms with E-state index in [9.17, 15) is 22.8 Å². The van der Waals surface area contributed by atoms with Gasteiger partial charge in [0.1, 0.15) is 17.7 Å². The van der Waals surface area contributed by atoms with Crippen molar-refractivity contribution in [1.82, 2.24) is 14.5 Å². The molecule has 0 spiro atoms. The van der Waals surface area contributed by atoms with Crippen LogP contribution < -0.4 is 10.2 Å². The number of fused-ring (bicyclic) bond motifs is 1. The first kappa shape index (κ1) is 28.3. The molecule has 0 unspecified atom stereocenters. The van der Waals surface area contributed by atoms with Crippen LogP contribution in [-0.2, 0) is 19.8 Å². The highest BCUT2D eigenvalue weighted by Gasteiger charge is 2.30. The van der Waals surface area contributed by atoms with Crippen molar-refractivity contribution in [3.63, 3.8) is 0 Å². The summed E-state index contributed by atoms with van der Waals surface area (Å²) in [7, 11) is 3.42. The fourth-order valence-corrected chi connectivity index (χ4v) is 5.03. The van der Waals surface area contributed by atoms with Crippen LogP contribution >= 0.6 is 11.8 Å². The van der Waals surface area contributed by atoms with Gasteiger partial charge in [0.2, 0.25) is 11.2 Å². The summed E-state index contributed by atoms with van der Waals surface area (Å²) in [5.41, 5.74) is -0.169. The first-order valence-electron chi connectivity index (χ1n) is 12.3. The Balaban J connectivity index is 1.19. The number of unbranched alkanes of at least 4 members (excludes halogenated alkanes) is 2. The molecule has 0 fully saturated rings. The highest BCUT2D eigenvalue weighted by molar-refractivity contribution is 7.99. The Morgan fingerprint density at radius 3 is 2.69 bits per heavy atom. The Hall–Kier alpha value is -3.73. The number of hydrogen-bond donors (Lipinski definition) is 0. The van der Waals surface area contributed by atoms with Crippen molar-refractivity contribution >= 4 is 28.6 Å². The van der Waals surface area contributed by atoms with Crippen LogP contribution in [-0.4, -0.2) is 39.8 Å². The third kappa shape index (κ3) is 7.23. The number of pyridine rings is 1. The van der Waals surface area contributed by atoms with E-state index in [4.69, 9.17) is 9.15 Å². The number of halogens is 3. The van der Waals surface area contributed by atoms with Gasteiger partial charge in [-0.2, -0.15) is 13.2 Å². The monoisotopic (exact) mass is 559 g/mol. The van der Waals surface area contributed by atoms with Crippen LogP contribution in [0.1, 0.15) is 41.1 Å². The number of carbonyl (C=O) groups is 1. The molecule has 0 N–H and O–H groups in total. The zero-order valence-electron chi connectivity index (χ0n) is 21.5. The van der Waals surface area contributed by atoms with Crippen molar-refractivity contribution < 1.29 is 27.1 Å². The highest BCUT2D eigenvalue weighted by atomic mass is 32.2. The largest absolute Gasteiger partial charge is 0.487 e. The number of aromatic nitrogens is 2. The summed E-state index contributed by atoms with van der Waals surface area (Å²) in [5, 5.41) is 0.699. The second-order valence-corrected chi connectivity index (χ2v) is 10.2. The first-order valence-corrected chi connectivity index (χ1v) is 13.3. The average Bonchev–Trinajstić information content (AvgIpc) is 3.33. The van der Waals surface area contributed by atoms with E-state index in [1.165, 1.54) is 29.5 Å². The zero-order chi connectivity index (χ0) is 28.0. The maximum atomic E-state index is 13.0. The molecule has 39 heavy (non-hydrogen) atoms. The number of amides is 1. The quantitative estimate of drug-likeness (QED) is 0.162. The van der Waals surface area contributed by atoms with Crippen LogP contribution in [0.3, 0.4) is 0 Å². The lowest BCUT2D eigenvalue weighted by Crippen LogP contribution is -2.28. The second-order valence-electron chi connectivity index (χ2n) is 9.04. The molecule has 4 aromatic rings. The van der Waals surface area contributed by atoms with E-state index in [-0.39, 0.29) is 23.6 Å². The van der Waals surface area contributed by atoms with Crippen molar-refractivity contribution in [1.29, 1.82) is 0 Å². The van der Waals surface area contributed by atoms with E-state index < -0.39 is 11.7 Å². The van der Waals surface area contributed by atoms with Gasteiger partial charge < -0.3 is 18.6 Å². The van der Waals surface area contributed by atoms with E-state index >= 15 is 0 Å². The number of carbonyl (C=O) groups excluding carboxylic acids is 1. The molecular weight excluding hydrogens is 531 g/mol. The molecule has 7 nitrogen and oxygen atoms in total. The summed E-state index contributed by atoms with van der Waals surface area (Å²) < 4.78 is 51.7. The molecule has 206 valence electrons. The van der Waals surface area contributed by atoms with Crippen molar-refractivity contribution in [2.45, 2.75) is 36.9 Å². The number of benzene rings is 1. The molecule has 0 saturated heterocycles. The molecule has 1 amide bonds. The predicted molar refractivity (Wildman–Crippen MR) is 143 cm³/mol. The number of aryl methyl sites for hydroxylation is 1. The Kier molecular flexibility index (Phi) is 9.01. The number of alkyl halides is 3. The molecule has 0 bridgehead atoms. The minimum atomic E-state index is -4.40. The Labute approximate surface area is 227 Å². The topological polar surface area (TPSA) is 77.6 Å². The van der Waals surface area contributed by atoms with Gasteiger partial charge in [-0.1, -0.05) is 6.07 Å². The SMILES string of the molecule is CN(Cc1cc(=O)c(OCCCCCSc2ccnc3cc(C(F)(F)F)ccc23)co1)C(=O)c1cccn1C. The molecule has 1 aromatic carbocycles. The number of thioether (sulfide) groups is 1. The lowest BCUT2D eigenvalue weighted by molar-refractivity contribution is -0.137. The molecule has 11 heteroatoms. The zero-order valence-corrected chi connectivity index (χ0v) is 22.3. The van der Waals surface area contributed by atoms with E-state index in [2.05, 4.69) is 4.98 Å². The lowest BCUT2D eigenvalue weighted by atomic mass is 10.1. The van der Waals surface area contributed by atoms with E-state index in [0.717, 1.165) is 42.0 Å². The molecular formula is C28H28F3N3O4S. The maximum Gasteiger partial charge on any atom is 0.416 e. The normalized spacial score (nSPS) is 11.6. The lowest BCUT2D eigenvalue weighted by Gasteiger charge is -2.17. The summed E-state index contributed by atoms with van der Waals surface area (Å²) in [6.07, 6.45) is 2.62. The van der Waals surface area contributed by atoms with Crippen molar-refractivity contribution in [2.75, 3.05) is 19.4 Å². The number of nitrogens with zero attached hydrogens (tertiary/aromatic N) is 3. The molecule has 3 heterocycles. The summed E-state index contributed by atoms with van der Waals surface area (Å²) >= 11 is 1.57. The number of ether oxygens (including phenoxy) is 1. The van der Waals surface area contributed by atoms with Crippen molar-refractivity contribution in [3.8, 4) is 5.75 Å². The Morgan fingerprint density at radius 1 is 1.15 bits per heavy atom. The van der Waals surface area contributed by atoms with Gasteiger partial charge in [-0.15, -0.1) is 11.8 Å². The van der Waals surface area contributed by atoms with Crippen LogP contribution in [0.25, 0.3) is 10.9 Å². The van der Waals surface area contributed by atoms with Gasteiger partial charge in [-0.25, -0.2) is 0 Å². The van der Waals surface area contributed by atoms with Gasteiger partial charge in [-0.05, 0) is 55.3 Å². The molecule has 0 saturated carbocycles. The third-order valence-electron chi connectivity index (χ3n) is 6.09. The number of rotatable bonds is 11. The van der Waals surface area contributed by atoms with Crippen LogP contribution in [0.15, 0.2) is 75.2 Å². The highest BCUT2D eigenvalue weighted by Crippen LogP contribution is 2.34. The average molecular weight is 560 g/mol. The minimum Gasteiger partial charge on any atom is -0.487 e. The first-order chi connectivity index (χ1) is 18.6. The van der Waals surface area contributed by atoms with Gasteiger partial charge >= 0.3 is 6.18 Å². The van der Waals surface area contributed by atoms with E-state index in [1.54, 1.807) is 48.8 Å². The molecule has 0 atom stereocenters. The smallest absolute Gasteiger partial charge is 0.416 e. The van der Waals surface area contributed by atoms with Crippen molar-refractivity contribution in [3.05, 3.63) is 88.4 Å². The second kappa shape index (κ2) is 12.4. The van der Waals surface area contributed by atoms with Gasteiger partial charge in [0.25, 0.3) is 5.91 Å². The Bertz CT molecular complexity index is 1500. The molecule has 3 aromatic heterocycles. The minimum absolute atomic E-state index is 0.117. The van der Waals surface area contributed by atoms with Gasteiger partial charge in [0.05, 0.1) is 24.2 Å². The third-order valence-corrected chi connectivity index (χ3v) is 7.25. The molecule has 0 aliphatic carbocycles. The fraction of sp³-hybridized carbons (Fsp3) is 0.321. The summed E-state index contributed by atoms with van der Waals surface area (Å²) in [6.45, 7) is 0.493. The Morgan fingerprint density at radius 2 is 1.97 bits per heavy atom. The van der Waals surface area contributed by atoms with Gasteiger partial charge in [0.15, 0.2) is 0 Å². The maximum absolute atomic E-state index is 13.0. The molecule has 0 aliphatic heterocycles. The predicted octanol–water partition coefficient (Wildman–Crippen LogP) is 6.16. The summed E-state index contributed by atoms with van der Waals surface area (Å²) in [6, 6.07) is 10.3. The van der Waals surface area contributed by atoms with E-state index in [1.807, 2.05) is 6.07 Å². The van der Waals surface area contributed by atoms with Crippen LogP contribution in [0.5, 0.6) is 5.75 Å². The van der Waals surface area contributed by atoms with Gasteiger partial charge in [0, 0.05) is 42.8 Å². The van der Waals surface area contributed by atoms with Crippen LogP contribution in [0.4, 0.5) is 13.2 Å². The van der Waals surface area contributed by atoms with Crippen LogP contribution in [0.2, 0.25) is 0 Å². The van der Waals surface area contributed by atoms with Crippen LogP contribution in [0, 0.1) is 0 Å². The molecule has 0 radical (unpaired) electrons. The van der Waals surface area contributed by atoms with Crippen molar-refractivity contribution in [2.24, 2.45) is 7.05 Å².